The van der Waals surface area contributed by atoms with E-state index in [1.807, 2.05) is 0 Å². The Hall–Kier alpha value is -0.730. The maximum absolute atomic E-state index is 5.85. The third kappa shape index (κ3) is 1.84. The van der Waals surface area contributed by atoms with Crippen LogP contribution in [0.1, 0.15) is 45.4 Å². The molecule has 0 aromatic carbocycles. The molecule has 1 aliphatic carbocycles. The molecule has 2 N–H and O–H groups in total. The van der Waals surface area contributed by atoms with Crippen molar-refractivity contribution in [2.75, 3.05) is 13.6 Å². The van der Waals surface area contributed by atoms with Crippen molar-refractivity contribution in [3.8, 4) is 0 Å². The molecule has 0 amide bonds. The second-order valence-electron chi connectivity index (χ2n) is 5.19. The summed E-state index contributed by atoms with van der Waals surface area (Å²) >= 11 is 0. The van der Waals surface area contributed by atoms with Crippen LogP contribution in [0.3, 0.4) is 0 Å². The van der Waals surface area contributed by atoms with Crippen LogP contribution in [0.2, 0.25) is 0 Å². The lowest BCUT2D eigenvalue weighted by Crippen LogP contribution is -2.51. The van der Waals surface area contributed by atoms with Crippen LogP contribution in [0.25, 0.3) is 0 Å². The van der Waals surface area contributed by atoms with Gasteiger partial charge in [0.05, 0.1) is 12.1 Å². The van der Waals surface area contributed by atoms with Crippen molar-refractivity contribution in [2.24, 2.45) is 16.6 Å². The van der Waals surface area contributed by atoms with E-state index in [-0.39, 0.29) is 5.54 Å². The number of aliphatic imine (C=N–C) groups is 1. The summed E-state index contributed by atoms with van der Waals surface area (Å²) in [6, 6.07) is 0. The first-order valence-corrected chi connectivity index (χ1v) is 6.22. The number of nitrogens with zero attached hydrogens (tertiary/aromatic N) is 2. The zero-order valence-corrected chi connectivity index (χ0v) is 10.00. The molecule has 0 aromatic rings. The van der Waals surface area contributed by atoms with Crippen LogP contribution >= 0.6 is 0 Å². The summed E-state index contributed by atoms with van der Waals surface area (Å²) in [4.78, 5) is 6.60. The fourth-order valence-electron chi connectivity index (χ4n) is 3.09. The summed E-state index contributed by atoms with van der Waals surface area (Å²) in [5, 5.41) is 0. The van der Waals surface area contributed by atoms with Crippen molar-refractivity contribution in [2.45, 2.75) is 51.0 Å². The molecule has 0 aromatic heterocycles. The van der Waals surface area contributed by atoms with E-state index in [0.717, 1.165) is 18.4 Å². The zero-order chi connectivity index (χ0) is 10.9. The van der Waals surface area contributed by atoms with Crippen LogP contribution in [-0.4, -0.2) is 30.0 Å². The quantitative estimate of drug-likeness (QED) is 0.755. The minimum atomic E-state index is 0.286. The third-order valence-electron chi connectivity index (χ3n) is 4.32. The number of likely N-dealkylation sites (N-methyl/N-ethyl adjacent to an activating group) is 1. The summed E-state index contributed by atoms with van der Waals surface area (Å²) < 4.78 is 0. The van der Waals surface area contributed by atoms with Gasteiger partial charge >= 0.3 is 0 Å². The first kappa shape index (κ1) is 10.8. The maximum Gasteiger partial charge on any atom is 0.191 e. The average Bonchev–Trinajstić information content (AvgIpc) is 2.52. The molecule has 1 heterocycles. The van der Waals surface area contributed by atoms with Gasteiger partial charge in [-0.15, -0.1) is 0 Å². The Morgan fingerprint density at radius 2 is 2.13 bits per heavy atom. The Labute approximate surface area is 92.7 Å². The molecule has 1 aliphatic heterocycles. The van der Waals surface area contributed by atoms with Gasteiger partial charge in [0.15, 0.2) is 5.96 Å². The smallest absolute Gasteiger partial charge is 0.191 e. The van der Waals surface area contributed by atoms with E-state index in [4.69, 9.17) is 5.73 Å². The standard InChI is InChI=1S/C12H23N3/c1-3-4-10-5-7-12(8-6-10)9-14-11(13)15(12)2/h10H,3-9H2,1-2H3,(H2,13,14). The highest BCUT2D eigenvalue weighted by molar-refractivity contribution is 5.80. The molecule has 0 radical (unpaired) electrons. The molecule has 0 bridgehead atoms. The lowest BCUT2D eigenvalue weighted by molar-refractivity contribution is 0.132. The first-order valence-electron chi connectivity index (χ1n) is 6.22. The second-order valence-corrected chi connectivity index (χ2v) is 5.19. The van der Waals surface area contributed by atoms with Crippen molar-refractivity contribution in [1.82, 2.24) is 4.90 Å². The molecule has 3 heteroatoms. The van der Waals surface area contributed by atoms with Crippen LogP contribution < -0.4 is 5.73 Å². The molecule has 0 atom stereocenters. The summed E-state index contributed by atoms with van der Waals surface area (Å²) in [5.41, 5.74) is 6.14. The van der Waals surface area contributed by atoms with Crippen LogP contribution in [0, 0.1) is 5.92 Å². The molecular weight excluding hydrogens is 186 g/mol. The molecule has 0 saturated heterocycles. The van der Waals surface area contributed by atoms with Gasteiger partial charge in [-0.25, -0.2) is 0 Å². The molecule has 3 nitrogen and oxygen atoms in total. The van der Waals surface area contributed by atoms with E-state index in [9.17, 15) is 0 Å². The molecule has 15 heavy (non-hydrogen) atoms. The van der Waals surface area contributed by atoms with Crippen LogP contribution in [0.15, 0.2) is 4.99 Å². The van der Waals surface area contributed by atoms with E-state index in [1.54, 1.807) is 0 Å². The number of hydrogen-bond donors (Lipinski definition) is 1. The third-order valence-corrected chi connectivity index (χ3v) is 4.32. The Balaban J connectivity index is 1.93. The molecule has 1 saturated carbocycles. The lowest BCUT2D eigenvalue weighted by atomic mass is 9.75. The Bertz CT molecular complexity index is 252. The normalized spacial score (nSPS) is 36.0. The average molecular weight is 209 g/mol. The minimum Gasteiger partial charge on any atom is -0.370 e. The van der Waals surface area contributed by atoms with E-state index < -0.39 is 0 Å². The molecule has 2 rings (SSSR count). The Morgan fingerprint density at radius 3 is 2.60 bits per heavy atom. The Morgan fingerprint density at radius 1 is 1.47 bits per heavy atom. The van der Waals surface area contributed by atoms with Gasteiger partial charge in [0, 0.05) is 7.05 Å². The lowest BCUT2D eigenvalue weighted by Gasteiger charge is -2.42. The molecule has 0 unspecified atom stereocenters. The SMILES string of the molecule is CCCC1CCC2(CC1)CN=C(N)N2C. The van der Waals surface area contributed by atoms with Crippen molar-refractivity contribution in [3.63, 3.8) is 0 Å². The molecule has 1 spiro atoms. The highest BCUT2D eigenvalue weighted by atomic mass is 15.3. The summed E-state index contributed by atoms with van der Waals surface area (Å²) in [7, 11) is 2.10. The summed E-state index contributed by atoms with van der Waals surface area (Å²) in [6.45, 7) is 3.21. The van der Waals surface area contributed by atoms with Crippen molar-refractivity contribution < 1.29 is 0 Å². The predicted molar refractivity (Wildman–Crippen MR) is 63.8 cm³/mol. The number of rotatable bonds is 2. The van der Waals surface area contributed by atoms with Crippen LogP contribution in [0.5, 0.6) is 0 Å². The Kier molecular flexibility index (Phi) is 2.89. The van der Waals surface area contributed by atoms with E-state index in [0.29, 0.717) is 0 Å². The minimum absolute atomic E-state index is 0.286. The maximum atomic E-state index is 5.85. The number of guanidine groups is 1. The summed E-state index contributed by atoms with van der Waals surface area (Å²) in [5.74, 6) is 1.69. The molecular formula is C12H23N3. The van der Waals surface area contributed by atoms with Gasteiger partial charge in [-0.3, -0.25) is 4.99 Å². The first-order chi connectivity index (χ1) is 7.18. The highest BCUT2D eigenvalue weighted by Gasteiger charge is 2.42. The van der Waals surface area contributed by atoms with Gasteiger partial charge in [-0.2, -0.15) is 0 Å². The van der Waals surface area contributed by atoms with Gasteiger partial charge in [0.25, 0.3) is 0 Å². The predicted octanol–water partition coefficient (Wildman–Crippen LogP) is 1.98. The van der Waals surface area contributed by atoms with Crippen LogP contribution in [0.4, 0.5) is 0 Å². The number of nitrogens with two attached hydrogens (primary N) is 1. The zero-order valence-electron chi connectivity index (χ0n) is 10.00. The monoisotopic (exact) mass is 209 g/mol. The largest absolute Gasteiger partial charge is 0.370 e. The molecule has 2 aliphatic rings. The van der Waals surface area contributed by atoms with Gasteiger partial charge in [0.2, 0.25) is 0 Å². The van der Waals surface area contributed by atoms with Crippen molar-refractivity contribution >= 4 is 5.96 Å². The fourth-order valence-corrected chi connectivity index (χ4v) is 3.09. The van der Waals surface area contributed by atoms with E-state index >= 15 is 0 Å². The van der Waals surface area contributed by atoms with Gasteiger partial charge in [-0.1, -0.05) is 19.8 Å². The second kappa shape index (κ2) is 4.03. The van der Waals surface area contributed by atoms with E-state index in [2.05, 4.69) is 23.9 Å². The van der Waals surface area contributed by atoms with Gasteiger partial charge in [0.1, 0.15) is 0 Å². The van der Waals surface area contributed by atoms with E-state index in [1.165, 1.54) is 38.5 Å². The number of hydrogen-bond acceptors (Lipinski definition) is 3. The highest BCUT2D eigenvalue weighted by Crippen LogP contribution is 2.39. The fraction of sp³-hybridized carbons (Fsp3) is 0.917. The molecule has 86 valence electrons. The van der Waals surface area contributed by atoms with Crippen LogP contribution in [-0.2, 0) is 0 Å². The van der Waals surface area contributed by atoms with Gasteiger partial charge < -0.3 is 10.6 Å². The van der Waals surface area contributed by atoms with Crippen molar-refractivity contribution in [1.29, 1.82) is 0 Å². The van der Waals surface area contributed by atoms with Crippen molar-refractivity contribution in [3.05, 3.63) is 0 Å². The summed E-state index contributed by atoms with van der Waals surface area (Å²) in [6.07, 6.45) is 8.00. The van der Waals surface area contributed by atoms with Gasteiger partial charge in [-0.05, 0) is 31.6 Å². The molecule has 1 fully saturated rings. The topological polar surface area (TPSA) is 41.6 Å².